The van der Waals surface area contributed by atoms with Crippen LogP contribution in [-0.2, 0) is 65.1 Å². The maximum atomic E-state index is 15.4. The van der Waals surface area contributed by atoms with Crippen LogP contribution in [0, 0.1) is 17.6 Å². The fourth-order valence-electron chi connectivity index (χ4n) is 11.7. The summed E-state index contributed by atoms with van der Waals surface area (Å²) in [5.74, 6) is -3.95. The average molecular weight is 1170 g/mol. The number of halogens is 2. The van der Waals surface area contributed by atoms with Gasteiger partial charge in [-0.25, -0.2) is 13.5 Å². The molecule has 4 aromatic carbocycles. The largest absolute Gasteiger partial charge is 0.497 e. The van der Waals surface area contributed by atoms with Crippen molar-refractivity contribution in [3.8, 4) is 11.4 Å². The molecule has 2 saturated heterocycles. The first-order valence-electron chi connectivity index (χ1n) is 28.2. The molecule has 23 heteroatoms. The number of hydrogen-bond donors (Lipinski definition) is 6. The van der Waals surface area contributed by atoms with E-state index < -0.39 is 82.7 Å². The number of ether oxygens (including phenoxy) is 1. The van der Waals surface area contributed by atoms with Crippen molar-refractivity contribution in [1.29, 1.82) is 0 Å². The van der Waals surface area contributed by atoms with Gasteiger partial charge in [-0.1, -0.05) is 29.5 Å². The van der Waals surface area contributed by atoms with Crippen molar-refractivity contribution in [2.45, 2.75) is 108 Å². The molecule has 0 unspecified atom stereocenters. The zero-order chi connectivity index (χ0) is 59.2. The van der Waals surface area contributed by atoms with Gasteiger partial charge < -0.3 is 50.7 Å². The Morgan fingerprint density at radius 1 is 0.905 bits per heavy atom. The summed E-state index contributed by atoms with van der Waals surface area (Å²) < 4.78 is 38.7. The van der Waals surface area contributed by atoms with Gasteiger partial charge in [-0.3, -0.25) is 33.6 Å². The number of carbonyl (C=O) groups is 7. The number of nitrogens with one attached hydrogen (secondary N) is 6. The molecule has 0 radical (unpaired) electrons. The Kier molecular flexibility index (Phi) is 17.8. The number of methoxy groups -OCH3 is 1. The average Bonchev–Trinajstić information content (AvgIpc) is 3.59. The van der Waals surface area contributed by atoms with Crippen molar-refractivity contribution in [3.63, 3.8) is 0 Å². The third-order valence-corrected chi connectivity index (χ3v) is 17.2. The Bertz CT molecular complexity index is 3620. The molecule has 3 aliphatic heterocycles. The van der Waals surface area contributed by atoms with E-state index in [1.807, 2.05) is 35.0 Å². The predicted molar refractivity (Wildman–Crippen MR) is 312 cm³/mol. The van der Waals surface area contributed by atoms with Crippen LogP contribution in [0.5, 0.6) is 5.75 Å². The molecule has 10 rings (SSSR count). The fraction of sp³-hybridized carbons (Fsp3) is 0.393. The summed E-state index contributed by atoms with van der Waals surface area (Å²) >= 11 is 1.63. The second-order valence-electron chi connectivity index (χ2n) is 22.1. The molecule has 3 aliphatic rings. The molecule has 84 heavy (non-hydrogen) atoms. The molecule has 7 amide bonds. The number of carbonyl (C=O) groups excluding carboxylic acids is 7. The van der Waals surface area contributed by atoms with E-state index in [4.69, 9.17) is 4.74 Å². The van der Waals surface area contributed by atoms with Crippen LogP contribution in [0.3, 0.4) is 0 Å². The van der Waals surface area contributed by atoms with Crippen molar-refractivity contribution in [3.05, 3.63) is 143 Å². The minimum atomic E-state index is -1.21. The molecular weight excluding hydrogens is 1100 g/mol. The number of H-pyrrole nitrogens is 1. The first-order valence-corrected chi connectivity index (χ1v) is 29.4. The molecule has 2 fully saturated rings. The molecule has 0 saturated carbocycles. The number of thioether (sulfide) groups is 1. The van der Waals surface area contributed by atoms with Gasteiger partial charge in [-0.05, 0) is 129 Å². The Morgan fingerprint density at radius 2 is 1.69 bits per heavy atom. The first-order chi connectivity index (χ1) is 40.4. The smallest absolute Gasteiger partial charge is 0.246 e. The van der Waals surface area contributed by atoms with Crippen molar-refractivity contribution in [1.82, 2.24) is 60.9 Å². The Morgan fingerprint density at radius 3 is 2.48 bits per heavy atom. The van der Waals surface area contributed by atoms with E-state index >= 15 is 9.18 Å². The third kappa shape index (κ3) is 13.1. The van der Waals surface area contributed by atoms with E-state index in [0.717, 1.165) is 11.3 Å². The first kappa shape index (κ1) is 58.6. The zero-order valence-corrected chi connectivity index (χ0v) is 48.0. The molecule has 0 aliphatic carbocycles. The lowest BCUT2D eigenvalue weighted by atomic mass is 9.95. The molecule has 0 spiro atoms. The number of benzene rings is 4. The fourth-order valence-corrected chi connectivity index (χ4v) is 12.5. The Labute approximate surface area is 488 Å². The molecule has 6 atom stereocenters. The summed E-state index contributed by atoms with van der Waals surface area (Å²) in [5.41, 5.74) is 4.25. The topological polar surface area (TPSA) is 247 Å². The lowest BCUT2D eigenvalue weighted by Crippen LogP contribution is -2.61. The Balaban J connectivity index is 0.969. The number of rotatable bonds is 9. The summed E-state index contributed by atoms with van der Waals surface area (Å²) in [4.78, 5) is 106. The minimum Gasteiger partial charge on any atom is -0.497 e. The molecular formula is C61H68F2N12O8S. The van der Waals surface area contributed by atoms with Gasteiger partial charge in [0.15, 0.2) is 0 Å². The number of fused-ring (bicyclic) bond motifs is 13. The highest BCUT2D eigenvalue weighted by Gasteiger charge is 2.48. The van der Waals surface area contributed by atoms with E-state index in [9.17, 15) is 33.2 Å². The van der Waals surface area contributed by atoms with E-state index in [2.05, 4.69) is 41.9 Å². The summed E-state index contributed by atoms with van der Waals surface area (Å²) in [5, 5.41) is 24.3. The third-order valence-electron chi connectivity index (χ3n) is 16.2. The van der Waals surface area contributed by atoms with Gasteiger partial charge in [-0.2, -0.15) is 11.8 Å². The van der Waals surface area contributed by atoms with Crippen LogP contribution in [0.25, 0.3) is 27.5 Å². The molecule has 3 aromatic heterocycles. The lowest BCUT2D eigenvalue weighted by Gasteiger charge is -2.36. The molecule has 20 nitrogen and oxygen atoms in total. The number of aromatic nitrogens is 5. The van der Waals surface area contributed by atoms with E-state index in [1.54, 1.807) is 72.2 Å². The van der Waals surface area contributed by atoms with Crippen molar-refractivity contribution in [2.75, 3.05) is 39.0 Å². The van der Waals surface area contributed by atoms with Gasteiger partial charge >= 0.3 is 0 Å². The number of aromatic amines is 1. The normalized spacial score (nSPS) is 21.7. The zero-order valence-electron chi connectivity index (χ0n) is 47.2. The number of amides is 7. The van der Waals surface area contributed by atoms with E-state index in [-0.39, 0.29) is 57.8 Å². The van der Waals surface area contributed by atoms with Crippen LogP contribution in [0.15, 0.2) is 104 Å². The molecule has 6 bridgehead atoms. The molecule has 6 N–H and O–H groups in total. The second-order valence-corrected chi connectivity index (χ2v) is 23.2. The maximum absolute atomic E-state index is 15.4. The van der Waals surface area contributed by atoms with Crippen LogP contribution in [0.2, 0.25) is 0 Å². The molecule has 7 aromatic rings. The van der Waals surface area contributed by atoms with Crippen LogP contribution >= 0.6 is 11.8 Å². The van der Waals surface area contributed by atoms with Gasteiger partial charge in [0.1, 0.15) is 52.8 Å². The number of nitrogens with zero attached hydrogens (tertiary/aromatic N) is 6. The van der Waals surface area contributed by atoms with E-state index in [1.165, 1.54) is 55.0 Å². The van der Waals surface area contributed by atoms with Crippen molar-refractivity contribution in [2.24, 2.45) is 5.92 Å². The summed E-state index contributed by atoms with van der Waals surface area (Å²) in [6.07, 6.45) is 6.87. The monoisotopic (exact) mass is 1170 g/mol. The van der Waals surface area contributed by atoms with E-state index in [0.29, 0.717) is 87.3 Å². The number of hydrogen-bond acceptors (Lipinski definition) is 11. The second kappa shape index (κ2) is 25.5. The van der Waals surface area contributed by atoms with Gasteiger partial charge in [0, 0.05) is 91.6 Å². The van der Waals surface area contributed by atoms with Crippen LogP contribution < -0.4 is 31.3 Å². The van der Waals surface area contributed by atoms with Gasteiger partial charge in [0.2, 0.25) is 41.4 Å². The highest BCUT2D eigenvalue weighted by atomic mass is 32.2. The SMILES string of the molecule is COc1ccc(C[C@@H]2NC(=O)[C@H](C)NC(=O)[C@@H]3CCCN3C(=O)[C@H](CNC(=O)[C@H](Cc3c[nH]c4ccc(F)cc34)NC(C)=O)Cc3cn(c4ccc(F)cc34)Cc3cn(nn3)-c3cccc(c3)CSCCNC(=O)[C@]3(C)CCCN3C2=O)cc1. The Hall–Kier alpha value is -8.60. The quantitative estimate of drug-likeness (QED) is 0.112. The molecule has 6 heterocycles. The van der Waals surface area contributed by atoms with Crippen molar-refractivity contribution >= 4 is 74.9 Å². The summed E-state index contributed by atoms with van der Waals surface area (Å²) in [6.45, 7) is 5.20. The summed E-state index contributed by atoms with van der Waals surface area (Å²) in [6, 6.07) is 18.9. The lowest BCUT2D eigenvalue weighted by molar-refractivity contribution is -0.146. The summed E-state index contributed by atoms with van der Waals surface area (Å²) in [7, 11) is 1.54. The van der Waals surface area contributed by atoms with Crippen LogP contribution in [0.1, 0.15) is 74.4 Å². The van der Waals surface area contributed by atoms with Gasteiger partial charge in [-0.15, -0.1) is 5.10 Å². The van der Waals surface area contributed by atoms with Gasteiger partial charge in [0.25, 0.3) is 0 Å². The van der Waals surface area contributed by atoms with Crippen LogP contribution in [-0.4, -0.2) is 144 Å². The molecule has 440 valence electrons. The predicted octanol–water partition coefficient (Wildman–Crippen LogP) is 5.03. The highest BCUT2D eigenvalue weighted by Crippen LogP contribution is 2.32. The minimum absolute atomic E-state index is 0.0271. The maximum Gasteiger partial charge on any atom is 0.246 e. The van der Waals surface area contributed by atoms with Crippen LogP contribution in [0.4, 0.5) is 8.78 Å². The highest BCUT2D eigenvalue weighted by molar-refractivity contribution is 7.98. The standard InChI is InChI=1S/C61H68F2N12O8S/c1-36-55(77)69-52(25-38-11-15-47(83-4)16-12-38)59(81)74-22-7-19-61(74,3)60(82)64-20-23-84-35-39-8-5-9-46(24-39)75-34-45(70-71-75)33-72-32-42(49-29-44(63)14-18-53(49)72)26-41(58(80)73-21-6-10-54(73)57(79)67-36)31-66-56(78)51(68-37(2)76)27-40-30-65-50-17-13-43(62)28-48(40)50/h5,8-9,11-18,24,28-30,32,34,36,41,51-52,54,65H,6-7,10,19-23,25-27,31,33,35H2,1-4H3,(H,64,82)(H,66,78)(H,67,79)(H,68,76)(H,69,77)/t36-,41-,51-,52-,54-,61-/m0/s1. The van der Waals surface area contributed by atoms with Crippen molar-refractivity contribution < 1.29 is 47.1 Å². The van der Waals surface area contributed by atoms with Gasteiger partial charge in [0.05, 0.1) is 31.5 Å².